The Morgan fingerprint density at radius 2 is 1.94 bits per heavy atom. The van der Waals surface area contributed by atoms with E-state index in [1.165, 1.54) is 31.2 Å². The zero-order valence-corrected chi connectivity index (χ0v) is 11.0. The minimum absolute atomic E-state index is 0.112. The van der Waals surface area contributed by atoms with E-state index in [9.17, 15) is 9.59 Å². The van der Waals surface area contributed by atoms with Crippen molar-refractivity contribution in [1.29, 1.82) is 0 Å². The van der Waals surface area contributed by atoms with Gasteiger partial charge >= 0.3 is 6.03 Å². The number of imide groups is 1. The number of carbonyl (C=O) groups excluding carboxylic acids is 2. The standard InChI is InChI=1S/C12H23N3O2/c1-4-5-6-7-8-13-10-9-11(16)15(3)12(17)14(10)2/h10,13H,4-9H2,1-3H3. The molecule has 5 heteroatoms. The van der Waals surface area contributed by atoms with Crippen molar-refractivity contribution in [1.82, 2.24) is 15.1 Å². The molecule has 1 atom stereocenters. The SMILES string of the molecule is CCCCCCNC1CC(=O)N(C)C(=O)N1C. The molecule has 1 aliphatic heterocycles. The highest BCUT2D eigenvalue weighted by atomic mass is 16.2. The lowest BCUT2D eigenvalue weighted by molar-refractivity contribution is -0.131. The van der Waals surface area contributed by atoms with Gasteiger partial charge in [0.1, 0.15) is 0 Å². The number of unbranched alkanes of at least 4 members (excludes halogenated alkanes) is 3. The lowest BCUT2D eigenvalue weighted by Gasteiger charge is -2.36. The quantitative estimate of drug-likeness (QED) is 0.715. The van der Waals surface area contributed by atoms with Crippen LogP contribution in [0.25, 0.3) is 0 Å². The first-order valence-electron chi connectivity index (χ1n) is 6.34. The second-order valence-electron chi connectivity index (χ2n) is 4.58. The topological polar surface area (TPSA) is 52.7 Å². The third-order valence-electron chi connectivity index (χ3n) is 3.21. The van der Waals surface area contributed by atoms with Crippen molar-refractivity contribution in [2.24, 2.45) is 0 Å². The van der Waals surface area contributed by atoms with E-state index in [1.807, 2.05) is 0 Å². The largest absolute Gasteiger partial charge is 0.327 e. The van der Waals surface area contributed by atoms with Gasteiger partial charge in [-0.3, -0.25) is 15.0 Å². The van der Waals surface area contributed by atoms with E-state index < -0.39 is 0 Å². The Labute approximate surface area is 103 Å². The van der Waals surface area contributed by atoms with Gasteiger partial charge in [0.2, 0.25) is 5.91 Å². The zero-order valence-electron chi connectivity index (χ0n) is 11.0. The number of carbonyl (C=O) groups is 2. The molecule has 3 amide bonds. The Morgan fingerprint density at radius 3 is 2.59 bits per heavy atom. The number of nitrogens with zero attached hydrogens (tertiary/aromatic N) is 2. The van der Waals surface area contributed by atoms with Crippen LogP contribution in [0, 0.1) is 0 Å². The number of hydrogen-bond acceptors (Lipinski definition) is 3. The molecule has 1 fully saturated rings. The van der Waals surface area contributed by atoms with E-state index >= 15 is 0 Å². The molecule has 1 N–H and O–H groups in total. The first-order chi connectivity index (χ1) is 8.07. The van der Waals surface area contributed by atoms with Crippen molar-refractivity contribution in [3.05, 3.63) is 0 Å². The summed E-state index contributed by atoms with van der Waals surface area (Å²) in [5.74, 6) is -0.112. The van der Waals surface area contributed by atoms with E-state index in [4.69, 9.17) is 0 Å². The summed E-state index contributed by atoms with van der Waals surface area (Å²) in [5.41, 5.74) is 0. The van der Waals surface area contributed by atoms with Crippen molar-refractivity contribution in [2.75, 3.05) is 20.6 Å². The molecule has 1 rings (SSSR count). The van der Waals surface area contributed by atoms with Gasteiger partial charge in [0, 0.05) is 14.1 Å². The van der Waals surface area contributed by atoms with Crippen LogP contribution in [0.5, 0.6) is 0 Å². The molecule has 0 spiro atoms. The first-order valence-corrected chi connectivity index (χ1v) is 6.34. The summed E-state index contributed by atoms with van der Waals surface area (Å²) in [5, 5.41) is 3.27. The van der Waals surface area contributed by atoms with Crippen LogP contribution in [0.2, 0.25) is 0 Å². The molecule has 1 unspecified atom stereocenters. The molecule has 0 aromatic carbocycles. The molecule has 1 saturated heterocycles. The van der Waals surface area contributed by atoms with E-state index in [0.29, 0.717) is 6.42 Å². The first kappa shape index (κ1) is 14.0. The van der Waals surface area contributed by atoms with Crippen LogP contribution >= 0.6 is 0 Å². The van der Waals surface area contributed by atoms with E-state index in [0.717, 1.165) is 13.0 Å². The molecular weight excluding hydrogens is 218 g/mol. The number of nitrogens with one attached hydrogen (secondary N) is 1. The lowest BCUT2D eigenvalue weighted by atomic mass is 10.2. The van der Waals surface area contributed by atoms with Crippen LogP contribution in [-0.2, 0) is 4.79 Å². The third-order valence-corrected chi connectivity index (χ3v) is 3.21. The van der Waals surface area contributed by atoms with Gasteiger partial charge in [-0.2, -0.15) is 0 Å². The Hall–Kier alpha value is -1.10. The van der Waals surface area contributed by atoms with Crippen molar-refractivity contribution in [3.63, 3.8) is 0 Å². The van der Waals surface area contributed by atoms with E-state index in [1.54, 1.807) is 11.9 Å². The molecule has 0 bridgehead atoms. The maximum atomic E-state index is 11.7. The molecule has 5 nitrogen and oxygen atoms in total. The molecule has 0 aliphatic carbocycles. The maximum absolute atomic E-state index is 11.7. The third kappa shape index (κ3) is 3.70. The average molecular weight is 241 g/mol. The Kier molecular flexibility index (Phi) is 5.41. The van der Waals surface area contributed by atoms with Crippen molar-refractivity contribution >= 4 is 11.9 Å². The van der Waals surface area contributed by atoms with Crippen LogP contribution < -0.4 is 5.32 Å². The molecule has 1 aliphatic rings. The van der Waals surface area contributed by atoms with Crippen molar-refractivity contribution in [3.8, 4) is 0 Å². The summed E-state index contributed by atoms with van der Waals surface area (Å²) < 4.78 is 0. The number of amides is 3. The van der Waals surface area contributed by atoms with Gasteiger partial charge in [-0.05, 0) is 13.0 Å². The predicted molar refractivity (Wildman–Crippen MR) is 66.5 cm³/mol. The number of rotatable bonds is 6. The summed E-state index contributed by atoms with van der Waals surface area (Å²) in [6, 6.07) is -0.229. The summed E-state index contributed by atoms with van der Waals surface area (Å²) in [4.78, 5) is 26.0. The smallest absolute Gasteiger partial charge is 0.311 e. The van der Waals surface area contributed by atoms with E-state index in [2.05, 4.69) is 12.2 Å². The molecule has 17 heavy (non-hydrogen) atoms. The highest BCUT2D eigenvalue weighted by Gasteiger charge is 2.33. The van der Waals surface area contributed by atoms with Gasteiger partial charge in [-0.25, -0.2) is 4.79 Å². The van der Waals surface area contributed by atoms with Crippen LogP contribution in [0.3, 0.4) is 0 Å². The van der Waals surface area contributed by atoms with Crippen LogP contribution in [0.15, 0.2) is 0 Å². The Bertz CT molecular complexity index is 281. The zero-order chi connectivity index (χ0) is 12.8. The molecule has 0 saturated carbocycles. The summed E-state index contributed by atoms with van der Waals surface area (Å²) in [6.07, 6.45) is 4.96. The normalized spacial score (nSPS) is 21.2. The summed E-state index contributed by atoms with van der Waals surface area (Å²) in [6.45, 7) is 3.04. The van der Waals surface area contributed by atoms with Crippen LogP contribution in [-0.4, -0.2) is 48.5 Å². The summed E-state index contributed by atoms with van der Waals surface area (Å²) in [7, 11) is 3.26. The van der Waals surface area contributed by atoms with Gasteiger partial charge in [0.05, 0.1) is 12.6 Å². The van der Waals surface area contributed by atoms with Crippen LogP contribution in [0.4, 0.5) is 4.79 Å². The highest BCUT2D eigenvalue weighted by Crippen LogP contribution is 2.12. The predicted octanol–water partition coefficient (Wildman–Crippen LogP) is 1.40. The monoisotopic (exact) mass is 241 g/mol. The maximum Gasteiger partial charge on any atom is 0.327 e. The second-order valence-corrected chi connectivity index (χ2v) is 4.58. The Balaban J connectivity index is 2.33. The number of hydrogen-bond donors (Lipinski definition) is 1. The molecule has 98 valence electrons. The minimum atomic E-state index is -0.229. The van der Waals surface area contributed by atoms with Gasteiger partial charge in [-0.1, -0.05) is 26.2 Å². The highest BCUT2D eigenvalue weighted by molar-refractivity contribution is 5.96. The fourth-order valence-electron chi connectivity index (χ4n) is 1.95. The number of urea groups is 1. The van der Waals surface area contributed by atoms with Crippen molar-refractivity contribution in [2.45, 2.75) is 45.2 Å². The van der Waals surface area contributed by atoms with Gasteiger partial charge < -0.3 is 4.90 Å². The summed E-state index contributed by atoms with van der Waals surface area (Å²) >= 11 is 0. The molecule has 1 heterocycles. The minimum Gasteiger partial charge on any atom is -0.311 e. The van der Waals surface area contributed by atoms with Crippen molar-refractivity contribution < 1.29 is 9.59 Å². The van der Waals surface area contributed by atoms with E-state index in [-0.39, 0.29) is 18.1 Å². The van der Waals surface area contributed by atoms with Crippen LogP contribution in [0.1, 0.15) is 39.0 Å². The second kappa shape index (κ2) is 6.59. The molecule has 0 radical (unpaired) electrons. The molecular formula is C12H23N3O2. The average Bonchev–Trinajstić information content (AvgIpc) is 2.32. The van der Waals surface area contributed by atoms with Gasteiger partial charge in [0.15, 0.2) is 0 Å². The van der Waals surface area contributed by atoms with Gasteiger partial charge in [0.25, 0.3) is 0 Å². The lowest BCUT2D eigenvalue weighted by Crippen LogP contribution is -2.58. The fraction of sp³-hybridized carbons (Fsp3) is 0.833. The Morgan fingerprint density at radius 1 is 1.24 bits per heavy atom. The van der Waals surface area contributed by atoms with Gasteiger partial charge in [-0.15, -0.1) is 0 Å². The molecule has 0 aromatic heterocycles. The fourth-order valence-corrected chi connectivity index (χ4v) is 1.95. The molecule has 0 aromatic rings.